The molecule has 1 heterocycles. The first kappa shape index (κ1) is 17.0. The Morgan fingerprint density at radius 1 is 1.41 bits per heavy atom. The van der Waals surface area contributed by atoms with Crippen LogP contribution < -0.4 is 10.6 Å². The zero-order valence-corrected chi connectivity index (χ0v) is 13.6. The Morgan fingerprint density at radius 2 is 2.09 bits per heavy atom. The van der Waals surface area contributed by atoms with Crippen molar-refractivity contribution in [3.63, 3.8) is 0 Å². The number of methoxy groups -OCH3 is 1. The lowest BCUT2D eigenvalue weighted by Crippen LogP contribution is -2.54. The molecule has 3 N–H and O–H groups in total. The summed E-state index contributed by atoms with van der Waals surface area (Å²) in [6.07, 6.45) is 4.59. The quantitative estimate of drug-likeness (QED) is 0.479. The second-order valence-corrected chi connectivity index (χ2v) is 6.24. The van der Waals surface area contributed by atoms with Gasteiger partial charge in [0.15, 0.2) is 5.96 Å². The lowest BCUT2D eigenvalue weighted by Gasteiger charge is -2.37. The van der Waals surface area contributed by atoms with Crippen LogP contribution in [0.25, 0.3) is 0 Å². The molecule has 0 atom stereocenters. The number of guanidine groups is 1. The minimum absolute atomic E-state index is 0.0515. The van der Waals surface area contributed by atoms with Crippen molar-refractivity contribution in [3.05, 3.63) is 0 Å². The summed E-state index contributed by atoms with van der Waals surface area (Å²) in [5.41, 5.74) is -0.562. The van der Waals surface area contributed by atoms with Crippen molar-refractivity contribution < 1.29 is 14.6 Å². The van der Waals surface area contributed by atoms with Crippen LogP contribution in [0.4, 0.5) is 0 Å². The molecule has 0 unspecified atom stereocenters. The zero-order chi connectivity index (χ0) is 16.0. The van der Waals surface area contributed by atoms with Gasteiger partial charge in [0.2, 0.25) is 5.91 Å². The number of ether oxygens (including phenoxy) is 1. The summed E-state index contributed by atoms with van der Waals surface area (Å²) >= 11 is 0. The zero-order valence-electron chi connectivity index (χ0n) is 13.6. The van der Waals surface area contributed by atoms with Crippen molar-refractivity contribution in [2.45, 2.75) is 43.7 Å². The van der Waals surface area contributed by atoms with Gasteiger partial charge in [-0.2, -0.15) is 0 Å². The summed E-state index contributed by atoms with van der Waals surface area (Å²) in [5, 5.41) is 16.7. The maximum atomic E-state index is 11.8. The minimum atomic E-state index is -0.562. The van der Waals surface area contributed by atoms with E-state index in [0.717, 1.165) is 51.2 Å². The van der Waals surface area contributed by atoms with Crippen LogP contribution in [0.2, 0.25) is 0 Å². The van der Waals surface area contributed by atoms with Crippen LogP contribution in [-0.4, -0.2) is 73.9 Å². The van der Waals surface area contributed by atoms with E-state index in [-0.39, 0.29) is 12.5 Å². The molecule has 1 saturated carbocycles. The second kappa shape index (κ2) is 7.78. The summed E-state index contributed by atoms with van der Waals surface area (Å²) in [5.74, 6) is 0.776. The SMILES string of the molecule is CN=C(NCC1(O)CCC1)NC1CCN(C(=O)COC)CC1. The van der Waals surface area contributed by atoms with Gasteiger partial charge in [0.1, 0.15) is 6.61 Å². The number of nitrogens with one attached hydrogen (secondary N) is 2. The van der Waals surface area contributed by atoms with Crippen molar-refractivity contribution in [2.24, 2.45) is 4.99 Å². The van der Waals surface area contributed by atoms with Gasteiger partial charge in [0, 0.05) is 39.8 Å². The first-order chi connectivity index (χ1) is 10.6. The third-order valence-corrected chi connectivity index (χ3v) is 4.55. The van der Waals surface area contributed by atoms with Crippen LogP contribution in [0, 0.1) is 0 Å². The fraction of sp³-hybridized carbons (Fsp3) is 0.867. The van der Waals surface area contributed by atoms with Gasteiger partial charge in [-0.15, -0.1) is 0 Å². The summed E-state index contributed by atoms with van der Waals surface area (Å²) in [7, 11) is 3.27. The highest BCUT2D eigenvalue weighted by Crippen LogP contribution is 2.30. The lowest BCUT2D eigenvalue weighted by atomic mass is 9.80. The summed E-state index contributed by atoms with van der Waals surface area (Å²) in [4.78, 5) is 17.8. The standard InChI is InChI=1S/C15H28N4O3/c1-16-14(17-11-15(21)6-3-7-15)18-12-4-8-19(9-5-12)13(20)10-22-2/h12,21H,3-11H2,1-2H3,(H2,16,17,18). The Kier molecular flexibility index (Phi) is 6.02. The molecule has 0 aromatic carbocycles. The maximum absolute atomic E-state index is 11.8. The molecule has 2 aliphatic rings. The molecule has 1 aliphatic heterocycles. The van der Waals surface area contributed by atoms with E-state index in [1.807, 2.05) is 4.90 Å². The van der Waals surface area contributed by atoms with Crippen molar-refractivity contribution in [1.29, 1.82) is 0 Å². The predicted molar refractivity (Wildman–Crippen MR) is 84.8 cm³/mol. The van der Waals surface area contributed by atoms with Gasteiger partial charge in [-0.1, -0.05) is 0 Å². The van der Waals surface area contributed by atoms with E-state index >= 15 is 0 Å². The number of piperidine rings is 1. The number of aliphatic imine (C=N–C) groups is 1. The third kappa shape index (κ3) is 4.58. The van der Waals surface area contributed by atoms with Crippen LogP contribution in [0.15, 0.2) is 4.99 Å². The van der Waals surface area contributed by atoms with E-state index in [4.69, 9.17) is 4.74 Å². The van der Waals surface area contributed by atoms with Crippen molar-refractivity contribution in [2.75, 3.05) is 40.4 Å². The molecule has 1 saturated heterocycles. The fourth-order valence-corrected chi connectivity index (χ4v) is 2.89. The molecule has 1 amide bonds. The molecule has 0 aromatic rings. The highest BCUT2D eigenvalue weighted by molar-refractivity contribution is 5.80. The Hall–Kier alpha value is -1.34. The summed E-state index contributed by atoms with van der Waals surface area (Å²) in [6.45, 7) is 2.17. The van der Waals surface area contributed by atoms with Crippen molar-refractivity contribution in [1.82, 2.24) is 15.5 Å². The number of aliphatic hydroxyl groups is 1. The van der Waals surface area contributed by atoms with Gasteiger partial charge in [-0.25, -0.2) is 0 Å². The molecule has 0 bridgehead atoms. The van der Waals surface area contributed by atoms with Crippen molar-refractivity contribution >= 4 is 11.9 Å². The summed E-state index contributed by atoms with van der Waals surface area (Å²) < 4.78 is 4.89. The van der Waals surface area contributed by atoms with Gasteiger partial charge in [-0.3, -0.25) is 9.79 Å². The molecule has 0 radical (unpaired) electrons. The number of hydrogen-bond acceptors (Lipinski definition) is 4. The van der Waals surface area contributed by atoms with Gasteiger partial charge in [0.05, 0.1) is 5.60 Å². The first-order valence-corrected chi connectivity index (χ1v) is 8.02. The Bertz CT molecular complexity index is 402. The van der Waals surface area contributed by atoms with Crippen LogP contribution >= 0.6 is 0 Å². The van der Waals surface area contributed by atoms with E-state index in [2.05, 4.69) is 15.6 Å². The van der Waals surface area contributed by atoms with Gasteiger partial charge < -0.3 is 25.4 Å². The van der Waals surface area contributed by atoms with E-state index < -0.39 is 5.60 Å². The smallest absolute Gasteiger partial charge is 0.248 e. The summed E-state index contributed by atoms with van der Waals surface area (Å²) in [6, 6.07) is 0.300. The monoisotopic (exact) mass is 312 g/mol. The molecule has 2 fully saturated rings. The molecule has 0 aromatic heterocycles. The lowest BCUT2D eigenvalue weighted by molar-refractivity contribution is -0.136. The van der Waals surface area contributed by atoms with Gasteiger partial charge in [-0.05, 0) is 32.1 Å². The number of carbonyl (C=O) groups is 1. The second-order valence-electron chi connectivity index (χ2n) is 6.24. The number of rotatable bonds is 5. The van der Waals surface area contributed by atoms with E-state index in [1.54, 1.807) is 7.05 Å². The molecule has 7 nitrogen and oxygen atoms in total. The molecule has 22 heavy (non-hydrogen) atoms. The van der Waals surface area contributed by atoms with Crippen LogP contribution in [0.3, 0.4) is 0 Å². The number of amides is 1. The molecule has 7 heteroatoms. The Morgan fingerprint density at radius 3 is 2.59 bits per heavy atom. The molecule has 2 rings (SSSR count). The number of nitrogens with zero attached hydrogens (tertiary/aromatic N) is 2. The minimum Gasteiger partial charge on any atom is -0.388 e. The molecular weight excluding hydrogens is 284 g/mol. The molecular formula is C15H28N4O3. The fourth-order valence-electron chi connectivity index (χ4n) is 2.89. The first-order valence-electron chi connectivity index (χ1n) is 8.02. The van der Waals surface area contributed by atoms with Gasteiger partial charge >= 0.3 is 0 Å². The maximum Gasteiger partial charge on any atom is 0.248 e. The highest BCUT2D eigenvalue weighted by Gasteiger charge is 2.34. The van der Waals surface area contributed by atoms with E-state index in [9.17, 15) is 9.90 Å². The molecule has 0 spiro atoms. The average molecular weight is 312 g/mol. The van der Waals surface area contributed by atoms with Crippen LogP contribution in [0.1, 0.15) is 32.1 Å². The van der Waals surface area contributed by atoms with Crippen LogP contribution in [-0.2, 0) is 9.53 Å². The molecule has 126 valence electrons. The van der Waals surface area contributed by atoms with E-state index in [1.165, 1.54) is 7.11 Å². The Labute approximate surface area is 132 Å². The normalized spacial score (nSPS) is 22.1. The number of carbonyl (C=O) groups excluding carboxylic acids is 1. The average Bonchev–Trinajstić information content (AvgIpc) is 2.50. The largest absolute Gasteiger partial charge is 0.388 e. The number of hydrogen-bond donors (Lipinski definition) is 3. The topological polar surface area (TPSA) is 86.2 Å². The Balaban J connectivity index is 1.70. The number of likely N-dealkylation sites (tertiary alicyclic amines) is 1. The van der Waals surface area contributed by atoms with E-state index in [0.29, 0.717) is 12.6 Å². The van der Waals surface area contributed by atoms with Gasteiger partial charge in [0.25, 0.3) is 0 Å². The van der Waals surface area contributed by atoms with Crippen LogP contribution in [0.5, 0.6) is 0 Å². The third-order valence-electron chi connectivity index (χ3n) is 4.55. The highest BCUT2D eigenvalue weighted by atomic mass is 16.5. The molecule has 1 aliphatic carbocycles. The van der Waals surface area contributed by atoms with Crippen molar-refractivity contribution in [3.8, 4) is 0 Å². The predicted octanol–water partition coefficient (Wildman–Crippen LogP) is -0.296.